The quantitative estimate of drug-likeness (QED) is 0.538. The normalized spacial score (nSPS) is 14.4. The van der Waals surface area contributed by atoms with Crippen molar-refractivity contribution in [2.45, 2.75) is 32.6 Å². The van der Waals surface area contributed by atoms with E-state index in [2.05, 4.69) is 21.2 Å². The van der Waals surface area contributed by atoms with Crippen LogP contribution in [-0.4, -0.2) is 33.3 Å². The van der Waals surface area contributed by atoms with E-state index in [1.165, 1.54) is 11.8 Å². The highest BCUT2D eigenvalue weighted by molar-refractivity contribution is 9.10. The fourth-order valence-electron chi connectivity index (χ4n) is 2.31. The predicted octanol–water partition coefficient (Wildman–Crippen LogP) is 4.12. The maximum atomic E-state index is 12.0. The first-order valence-corrected chi connectivity index (χ1v) is 9.69. The van der Waals surface area contributed by atoms with Gasteiger partial charge in [-0.05, 0) is 43.5 Å². The lowest BCUT2D eigenvalue weighted by molar-refractivity contribution is -0.124. The van der Waals surface area contributed by atoms with Gasteiger partial charge < -0.3 is 5.32 Å². The molecule has 0 radical (unpaired) electrons. The van der Waals surface area contributed by atoms with E-state index in [9.17, 15) is 9.59 Å². The van der Waals surface area contributed by atoms with E-state index in [-0.39, 0.29) is 11.8 Å². The van der Waals surface area contributed by atoms with Crippen LogP contribution in [0.2, 0.25) is 0 Å². The minimum absolute atomic E-state index is 0.0266. The van der Waals surface area contributed by atoms with Gasteiger partial charge in [0.1, 0.15) is 4.32 Å². The smallest absolute Gasteiger partial charge is 0.238 e. The number of benzene rings is 1. The molecule has 7 heteroatoms. The molecule has 0 saturated carbocycles. The first-order valence-electron chi connectivity index (χ1n) is 7.50. The van der Waals surface area contributed by atoms with Crippen LogP contribution in [0.3, 0.4) is 0 Å². The first-order chi connectivity index (χ1) is 11.0. The van der Waals surface area contributed by atoms with Crippen LogP contribution in [-0.2, 0) is 9.59 Å². The van der Waals surface area contributed by atoms with Crippen molar-refractivity contribution in [3.63, 3.8) is 0 Å². The van der Waals surface area contributed by atoms with Gasteiger partial charge in [0.25, 0.3) is 0 Å². The summed E-state index contributed by atoms with van der Waals surface area (Å²) in [6.45, 7) is 2.63. The summed E-state index contributed by atoms with van der Waals surface area (Å²) in [5.41, 5.74) is 1.88. The molecule has 1 heterocycles. The van der Waals surface area contributed by atoms with Gasteiger partial charge >= 0.3 is 0 Å². The highest BCUT2D eigenvalue weighted by Gasteiger charge is 2.25. The number of anilines is 1. The third-order valence-electron chi connectivity index (χ3n) is 3.59. The number of unbranched alkanes of at least 4 members (excludes halogenated alkanes) is 2. The molecule has 23 heavy (non-hydrogen) atoms. The Balaban J connectivity index is 1.65. The Morgan fingerprint density at radius 2 is 2.17 bits per heavy atom. The van der Waals surface area contributed by atoms with Crippen LogP contribution < -0.4 is 5.32 Å². The number of hydrogen-bond donors (Lipinski definition) is 1. The summed E-state index contributed by atoms with van der Waals surface area (Å²) in [5.74, 6) is 0.593. The lowest BCUT2D eigenvalue weighted by Crippen LogP contribution is -2.29. The molecule has 1 aromatic rings. The zero-order chi connectivity index (χ0) is 16.8. The molecule has 2 rings (SSSR count). The number of thiocarbonyl (C=S) groups is 1. The number of carbonyl (C=O) groups is 2. The van der Waals surface area contributed by atoms with Gasteiger partial charge in [0.2, 0.25) is 11.8 Å². The van der Waals surface area contributed by atoms with E-state index in [0.29, 0.717) is 23.0 Å². The zero-order valence-corrected chi connectivity index (χ0v) is 16.2. The van der Waals surface area contributed by atoms with E-state index >= 15 is 0 Å². The number of aryl methyl sites for hydroxylation is 1. The van der Waals surface area contributed by atoms with Gasteiger partial charge in [-0.1, -0.05) is 46.3 Å². The monoisotopic (exact) mass is 414 g/mol. The van der Waals surface area contributed by atoms with Crippen LogP contribution in [0.1, 0.15) is 31.2 Å². The molecule has 0 spiro atoms. The number of hydrogen-bond acceptors (Lipinski definition) is 4. The highest BCUT2D eigenvalue weighted by atomic mass is 79.9. The number of amides is 2. The standard InChI is InChI=1S/C16H19BrN2O2S2/c1-11-9-12(17)6-7-13(11)18-14(20)5-3-2-4-8-19-15(21)10-23-16(19)22/h6-7,9H,2-5,8,10H2,1H3,(H,18,20). The molecule has 0 bridgehead atoms. The Kier molecular flexibility index (Phi) is 7.05. The number of nitrogens with one attached hydrogen (secondary N) is 1. The van der Waals surface area contributed by atoms with Crippen LogP contribution >= 0.6 is 39.9 Å². The summed E-state index contributed by atoms with van der Waals surface area (Å²) in [4.78, 5) is 25.2. The topological polar surface area (TPSA) is 49.4 Å². The average molecular weight is 415 g/mol. The molecular formula is C16H19BrN2O2S2. The van der Waals surface area contributed by atoms with Gasteiger partial charge in [0.05, 0.1) is 5.75 Å². The molecule has 1 fully saturated rings. The van der Waals surface area contributed by atoms with Gasteiger partial charge in [-0.3, -0.25) is 14.5 Å². The predicted molar refractivity (Wildman–Crippen MR) is 103 cm³/mol. The molecule has 0 aromatic heterocycles. The summed E-state index contributed by atoms with van der Waals surface area (Å²) in [5, 5.41) is 2.94. The lowest BCUT2D eigenvalue weighted by atomic mass is 10.1. The third-order valence-corrected chi connectivity index (χ3v) is 5.51. The van der Waals surface area contributed by atoms with Crippen LogP contribution in [0.5, 0.6) is 0 Å². The maximum absolute atomic E-state index is 12.0. The van der Waals surface area contributed by atoms with Crippen molar-refractivity contribution in [3.05, 3.63) is 28.2 Å². The molecule has 0 atom stereocenters. The van der Waals surface area contributed by atoms with Crippen molar-refractivity contribution in [2.75, 3.05) is 17.6 Å². The Morgan fingerprint density at radius 1 is 1.39 bits per heavy atom. The second-order valence-electron chi connectivity index (χ2n) is 5.42. The van der Waals surface area contributed by atoms with E-state index in [0.717, 1.165) is 35.0 Å². The van der Waals surface area contributed by atoms with Gasteiger partial charge in [-0.25, -0.2) is 0 Å². The zero-order valence-electron chi connectivity index (χ0n) is 12.9. The molecule has 1 aromatic carbocycles. The molecule has 1 N–H and O–H groups in total. The molecule has 0 aliphatic carbocycles. The van der Waals surface area contributed by atoms with Gasteiger partial charge in [-0.15, -0.1) is 0 Å². The van der Waals surface area contributed by atoms with Gasteiger partial charge in [0.15, 0.2) is 0 Å². The lowest BCUT2D eigenvalue weighted by Gasteiger charge is -2.14. The van der Waals surface area contributed by atoms with Crippen molar-refractivity contribution in [1.82, 2.24) is 4.90 Å². The fraction of sp³-hybridized carbons (Fsp3) is 0.438. The third kappa shape index (κ3) is 5.58. The van der Waals surface area contributed by atoms with Crippen molar-refractivity contribution in [1.29, 1.82) is 0 Å². The van der Waals surface area contributed by atoms with Crippen molar-refractivity contribution in [2.24, 2.45) is 0 Å². The Hall–Kier alpha value is -0.920. The summed E-state index contributed by atoms with van der Waals surface area (Å²) in [6, 6.07) is 5.79. The SMILES string of the molecule is Cc1cc(Br)ccc1NC(=O)CCCCCN1C(=O)CSC1=S. The summed E-state index contributed by atoms with van der Waals surface area (Å²) < 4.78 is 1.68. The number of halogens is 1. The Labute approximate surface area is 154 Å². The maximum Gasteiger partial charge on any atom is 0.238 e. The van der Waals surface area contributed by atoms with Gasteiger partial charge in [-0.2, -0.15) is 0 Å². The van der Waals surface area contributed by atoms with E-state index < -0.39 is 0 Å². The van der Waals surface area contributed by atoms with Crippen LogP contribution in [0.15, 0.2) is 22.7 Å². The minimum Gasteiger partial charge on any atom is -0.326 e. The molecule has 1 aliphatic rings. The van der Waals surface area contributed by atoms with Crippen LogP contribution in [0, 0.1) is 6.92 Å². The number of thioether (sulfide) groups is 1. The number of rotatable bonds is 7. The second-order valence-corrected chi connectivity index (χ2v) is 7.94. The number of carbonyl (C=O) groups excluding carboxylic acids is 2. The summed E-state index contributed by atoms with van der Waals surface area (Å²) in [6.07, 6.45) is 3.08. The Morgan fingerprint density at radius 3 is 2.83 bits per heavy atom. The van der Waals surface area contributed by atoms with Gasteiger partial charge in [0, 0.05) is 23.1 Å². The van der Waals surface area contributed by atoms with E-state index in [4.69, 9.17) is 12.2 Å². The molecule has 1 aliphatic heterocycles. The molecule has 2 amide bonds. The van der Waals surface area contributed by atoms with Crippen LogP contribution in [0.4, 0.5) is 5.69 Å². The van der Waals surface area contributed by atoms with E-state index in [1.807, 2.05) is 25.1 Å². The van der Waals surface area contributed by atoms with Crippen molar-refractivity contribution >= 4 is 61.7 Å². The fourth-order valence-corrected chi connectivity index (χ4v) is 3.91. The molecule has 4 nitrogen and oxygen atoms in total. The molecule has 124 valence electrons. The van der Waals surface area contributed by atoms with Crippen LogP contribution in [0.25, 0.3) is 0 Å². The largest absolute Gasteiger partial charge is 0.326 e. The highest BCUT2D eigenvalue weighted by Crippen LogP contribution is 2.21. The second kappa shape index (κ2) is 8.80. The van der Waals surface area contributed by atoms with E-state index in [1.54, 1.807) is 4.90 Å². The Bertz CT molecular complexity index is 606. The molecule has 0 unspecified atom stereocenters. The first kappa shape index (κ1) is 18.4. The minimum atomic E-state index is 0.0266. The summed E-state index contributed by atoms with van der Waals surface area (Å²) in [7, 11) is 0. The molecule has 1 saturated heterocycles. The molecular weight excluding hydrogens is 396 g/mol. The average Bonchev–Trinajstić information content (AvgIpc) is 2.81. The number of nitrogens with zero attached hydrogens (tertiary/aromatic N) is 1. The van der Waals surface area contributed by atoms with Crippen molar-refractivity contribution in [3.8, 4) is 0 Å². The van der Waals surface area contributed by atoms with Crippen molar-refractivity contribution < 1.29 is 9.59 Å². The summed E-state index contributed by atoms with van der Waals surface area (Å²) >= 11 is 9.96.